The third-order valence-corrected chi connectivity index (χ3v) is 3.65. The summed E-state index contributed by atoms with van der Waals surface area (Å²) in [4.78, 5) is 10.3. The fourth-order valence-electron chi connectivity index (χ4n) is 2.35. The van der Waals surface area contributed by atoms with Crippen molar-refractivity contribution in [2.24, 2.45) is 0 Å². The van der Waals surface area contributed by atoms with Gasteiger partial charge in [0.05, 0.1) is 0 Å². The predicted octanol–water partition coefficient (Wildman–Crippen LogP) is 5.87. The third-order valence-electron chi connectivity index (χ3n) is 3.65. The van der Waals surface area contributed by atoms with Crippen LogP contribution in [0.1, 0.15) is 96.8 Å². The first-order chi connectivity index (χ1) is 11.2. The second-order valence-electron chi connectivity index (χ2n) is 5.81. The average molecular weight is 362 g/mol. The number of hydrogen-bond donors (Lipinski definition) is 1. The summed E-state index contributed by atoms with van der Waals surface area (Å²) in [6.45, 7) is 2.26. The first-order valence-electron chi connectivity index (χ1n) is 9.05. The van der Waals surface area contributed by atoms with Gasteiger partial charge in [0.25, 0.3) is 0 Å². The number of carboxylic acids is 1. The van der Waals surface area contributed by atoms with E-state index in [4.69, 9.17) is 11.8 Å². The van der Waals surface area contributed by atoms with Crippen LogP contribution >= 0.6 is 0 Å². The molecule has 23 heavy (non-hydrogen) atoms. The molecular formula is C18H34O4Ti. The predicted molar refractivity (Wildman–Crippen MR) is 88.5 cm³/mol. The molecule has 0 heterocycles. The van der Waals surface area contributed by atoms with Crippen molar-refractivity contribution in [1.29, 1.82) is 0 Å². The Hall–Kier alpha value is -0.476. The van der Waals surface area contributed by atoms with Crippen molar-refractivity contribution < 1.29 is 35.6 Å². The molecule has 0 saturated heterocycles. The molecule has 5 heteroatoms. The summed E-state index contributed by atoms with van der Waals surface area (Å²) >= 11 is -2.00. The molecule has 0 bridgehead atoms. The Bertz CT molecular complexity index is 310. The van der Waals surface area contributed by atoms with E-state index < -0.39 is 25.1 Å². The summed E-state index contributed by atoms with van der Waals surface area (Å²) < 4.78 is 17.0. The van der Waals surface area contributed by atoms with Crippen molar-refractivity contribution in [3.05, 3.63) is 12.2 Å². The molecule has 0 atom stereocenters. The van der Waals surface area contributed by atoms with E-state index in [0.29, 0.717) is 6.42 Å². The maximum absolute atomic E-state index is 10.3. The minimum absolute atomic E-state index is 0.332. The molecule has 0 aromatic carbocycles. The summed E-state index contributed by atoms with van der Waals surface area (Å²) in [5, 5.41) is 8.51. The van der Waals surface area contributed by atoms with Gasteiger partial charge in [-0.1, -0.05) is 70.4 Å². The van der Waals surface area contributed by atoms with Gasteiger partial charge < -0.3 is 5.11 Å². The van der Waals surface area contributed by atoms with Crippen LogP contribution in [0.4, 0.5) is 0 Å². The van der Waals surface area contributed by atoms with E-state index >= 15 is 0 Å². The van der Waals surface area contributed by atoms with Crippen LogP contribution in [0.5, 0.6) is 0 Å². The van der Waals surface area contributed by atoms with Crippen LogP contribution in [-0.2, 0) is 30.5 Å². The second-order valence-corrected chi connectivity index (χ2v) is 6.07. The average Bonchev–Trinajstić information content (AvgIpc) is 2.51. The Morgan fingerprint density at radius 3 is 1.61 bits per heavy atom. The van der Waals surface area contributed by atoms with E-state index in [2.05, 4.69) is 19.1 Å². The monoisotopic (exact) mass is 362 g/mol. The molecular weight excluding hydrogens is 328 g/mol. The van der Waals surface area contributed by atoms with Gasteiger partial charge in [0.1, 0.15) is 0 Å². The Labute approximate surface area is 150 Å². The summed E-state index contributed by atoms with van der Waals surface area (Å²) in [6, 6.07) is 0. The van der Waals surface area contributed by atoms with Crippen LogP contribution in [0.15, 0.2) is 12.2 Å². The van der Waals surface area contributed by atoms with Crippen molar-refractivity contribution in [3.63, 3.8) is 0 Å². The van der Waals surface area contributed by atoms with E-state index in [-0.39, 0.29) is 0 Å². The SMILES string of the molecule is CCCCCCCC/C=C\CCCCCCCC(=O)O.[O]=[Ti]=[O]. The van der Waals surface area contributed by atoms with Crippen LogP contribution in [0.2, 0.25) is 0 Å². The number of carboxylic acid groups (broad SMARTS) is 1. The standard InChI is InChI=1S/C18H34O2.2O.Ti/c1-2-3-4-5-6-7-8-9-10-11-12-13-14-15-16-17-18(19)20;;;/h9-10H,2-8,11-17H2,1H3,(H,19,20);;;/b10-9-;;;. The van der Waals surface area contributed by atoms with E-state index in [0.717, 1.165) is 12.8 Å². The second kappa shape index (κ2) is 23.8. The fraction of sp³-hybridized carbons (Fsp3) is 0.833. The van der Waals surface area contributed by atoms with Gasteiger partial charge >= 0.3 is 31.7 Å². The zero-order valence-corrected chi connectivity index (χ0v) is 16.3. The zero-order chi connectivity index (χ0) is 17.6. The van der Waals surface area contributed by atoms with Crippen molar-refractivity contribution in [1.82, 2.24) is 0 Å². The molecule has 0 radical (unpaired) electrons. The van der Waals surface area contributed by atoms with Gasteiger partial charge in [0, 0.05) is 6.42 Å². The van der Waals surface area contributed by atoms with Gasteiger partial charge in [0.2, 0.25) is 0 Å². The molecule has 0 unspecified atom stereocenters. The molecule has 134 valence electrons. The van der Waals surface area contributed by atoms with Gasteiger partial charge in [-0.05, 0) is 32.1 Å². The normalized spacial score (nSPS) is 10.1. The van der Waals surface area contributed by atoms with E-state index in [1.807, 2.05) is 0 Å². The van der Waals surface area contributed by atoms with Crippen LogP contribution in [-0.4, -0.2) is 11.1 Å². The Kier molecular flexibility index (Phi) is 25.6. The molecule has 4 nitrogen and oxygen atoms in total. The first kappa shape index (κ1) is 24.8. The quantitative estimate of drug-likeness (QED) is 0.225. The van der Waals surface area contributed by atoms with Crippen LogP contribution < -0.4 is 0 Å². The summed E-state index contributed by atoms with van der Waals surface area (Å²) in [6.07, 6.45) is 21.2. The van der Waals surface area contributed by atoms with Crippen molar-refractivity contribution in [2.75, 3.05) is 0 Å². The number of unbranched alkanes of at least 4 members (excludes halogenated alkanes) is 11. The maximum atomic E-state index is 10.3. The number of hydrogen-bond acceptors (Lipinski definition) is 3. The summed E-state index contributed by atoms with van der Waals surface area (Å²) in [7, 11) is 0. The third kappa shape index (κ3) is 30.0. The molecule has 0 aliphatic rings. The molecule has 0 spiro atoms. The Morgan fingerprint density at radius 2 is 1.17 bits per heavy atom. The van der Waals surface area contributed by atoms with Gasteiger partial charge in [0.15, 0.2) is 0 Å². The van der Waals surface area contributed by atoms with Gasteiger partial charge in [-0.2, -0.15) is 0 Å². The van der Waals surface area contributed by atoms with Gasteiger partial charge in [-0.15, -0.1) is 0 Å². The molecule has 0 amide bonds. The topological polar surface area (TPSA) is 71.4 Å². The zero-order valence-electron chi connectivity index (χ0n) is 14.7. The Morgan fingerprint density at radius 1 is 0.783 bits per heavy atom. The molecule has 0 aliphatic carbocycles. The van der Waals surface area contributed by atoms with Crippen LogP contribution in [0.25, 0.3) is 0 Å². The number of carbonyl (C=O) groups is 1. The van der Waals surface area contributed by atoms with Gasteiger partial charge in [-0.25, -0.2) is 0 Å². The van der Waals surface area contributed by atoms with Crippen molar-refractivity contribution in [3.8, 4) is 0 Å². The van der Waals surface area contributed by atoms with Crippen molar-refractivity contribution >= 4 is 5.97 Å². The van der Waals surface area contributed by atoms with E-state index in [1.165, 1.54) is 70.6 Å². The molecule has 1 N–H and O–H groups in total. The molecule has 0 aliphatic heterocycles. The van der Waals surface area contributed by atoms with Crippen LogP contribution in [0, 0.1) is 0 Å². The van der Waals surface area contributed by atoms with Crippen LogP contribution in [0.3, 0.4) is 0 Å². The first-order valence-corrected chi connectivity index (χ1v) is 10.3. The van der Waals surface area contributed by atoms with Crippen molar-refractivity contribution in [2.45, 2.75) is 96.8 Å². The summed E-state index contributed by atoms with van der Waals surface area (Å²) in [5.41, 5.74) is 0. The molecule has 0 aromatic heterocycles. The molecule has 0 aromatic rings. The number of aliphatic carboxylic acids is 1. The Balaban J connectivity index is 0. The summed E-state index contributed by atoms with van der Waals surface area (Å²) in [5.74, 6) is -0.664. The van der Waals surface area contributed by atoms with E-state index in [1.54, 1.807) is 0 Å². The molecule has 0 saturated carbocycles. The number of rotatable bonds is 15. The molecule has 0 fully saturated rings. The molecule has 0 rings (SSSR count). The number of allylic oxidation sites excluding steroid dienone is 2. The van der Waals surface area contributed by atoms with E-state index in [9.17, 15) is 4.79 Å². The van der Waals surface area contributed by atoms with Gasteiger partial charge in [-0.3, -0.25) is 4.79 Å². The minimum atomic E-state index is -2.00. The fourth-order valence-corrected chi connectivity index (χ4v) is 2.35.